The zero-order chi connectivity index (χ0) is 23.4. The second-order valence-corrected chi connectivity index (χ2v) is 9.19. The Hall–Kier alpha value is -3.01. The van der Waals surface area contributed by atoms with Crippen LogP contribution >= 0.6 is 23.4 Å². The Morgan fingerprint density at radius 1 is 1.12 bits per heavy atom. The highest BCUT2D eigenvalue weighted by molar-refractivity contribution is 8.03. The van der Waals surface area contributed by atoms with Crippen LogP contribution < -0.4 is 10.6 Å². The summed E-state index contributed by atoms with van der Waals surface area (Å²) < 4.78 is 0. The highest BCUT2D eigenvalue weighted by Crippen LogP contribution is 2.41. The number of allylic oxidation sites excluding steroid dienone is 3. The zero-order valence-electron chi connectivity index (χ0n) is 18.4. The van der Waals surface area contributed by atoms with E-state index in [0.29, 0.717) is 26.9 Å². The van der Waals surface area contributed by atoms with Crippen LogP contribution in [0.15, 0.2) is 64.3 Å². The predicted molar refractivity (Wildman–Crippen MR) is 130 cm³/mol. The molecule has 1 amide bonds. The van der Waals surface area contributed by atoms with Gasteiger partial charge < -0.3 is 10.6 Å². The number of rotatable bonds is 6. The second kappa shape index (κ2) is 10.1. The summed E-state index contributed by atoms with van der Waals surface area (Å²) >= 11 is 7.28. The Labute approximate surface area is 197 Å². The number of benzene rings is 2. The molecule has 0 aromatic heterocycles. The molecule has 3 rings (SSSR count). The van der Waals surface area contributed by atoms with E-state index < -0.39 is 5.92 Å². The van der Waals surface area contributed by atoms with Crippen LogP contribution in [-0.4, -0.2) is 17.4 Å². The van der Waals surface area contributed by atoms with Crippen LogP contribution in [-0.2, 0) is 9.59 Å². The van der Waals surface area contributed by atoms with Gasteiger partial charge in [0.05, 0.1) is 28.3 Å². The van der Waals surface area contributed by atoms with Gasteiger partial charge in [0.1, 0.15) is 0 Å². The molecule has 0 bridgehead atoms. The molecule has 2 aromatic rings. The van der Waals surface area contributed by atoms with E-state index in [4.69, 9.17) is 11.6 Å². The first-order valence-corrected chi connectivity index (χ1v) is 11.5. The van der Waals surface area contributed by atoms with Crippen molar-refractivity contribution in [2.45, 2.75) is 33.6 Å². The monoisotopic (exact) mass is 465 g/mol. The zero-order valence-corrected chi connectivity index (χ0v) is 19.9. The van der Waals surface area contributed by atoms with Gasteiger partial charge in [-0.3, -0.25) is 9.59 Å². The fourth-order valence-corrected chi connectivity index (χ4v) is 4.88. The van der Waals surface area contributed by atoms with Gasteiger partial charge in [0.25, 0.3) is 0 Å². The quantitative estimate of drug-likeness (QED) is 0.579. The maximum atomic E-state index is 12.6. The fraction of sp³-hybridized carbons (Fsp3) is 0.240. The number of thioether (sulfide) groups is 1. The highest BCUT2D eigenvalue weighted by atomic mass is 35.5. The number of hydrogen-bond donors (Lipinski definition) is 2. The van der Waals surface area contributed by atoms with Gasteiger partial charge in [0, 0.05) is 22.0 Å². The number of carbonyl (C=O) groups is 2. The van der Waals surface area contributed by atoms with E-state index >= 15 is 0 Å². The number of amides is 1. The molecule has 0 spiro atoms. The van der Waals surface area contributed by atoms with Crippen LogP contribution in [0.2, 0.25) is 5.02 Å². The largest absolute Gasteiger partial charge is 0.353 e. The van der Waals surface area contributed by atoms with Crippen LogP contribution in [0.1, 0.15) is 36.5 Å². The molecule has 2 N–H and O–H groups in total. The van der Waals surface area contributed by atoms with Crippen molar-refractivity contribution >= 4 is 40.7 Å². The molecule has 0 fully saturated rings. The van der Waals surface area contributed by atoms with Crippen LogP contribution in [0.5, 0.6) is 0 Å². The van der Waals surface area contributed by atoms with Crippen molar-refractivity contribution in [2.24, 2.45) is 0 Å². The molecule has 1 atom stereocenters. The Morgan fingerprint density at radius 2 is 1.75 bits per heavy atom. The third kappa shape index (κ3) is 5.42. The fourth-order valence-electron chi connectivity index (χ4n) is 3.86. The Morgan fingerprint density at radius 3 is 2.31 bits per heavy atom. The number of hydrogen-bond acceptors (Lipinski definition) is 5. The average Bonchev–Trinajstić information content (AvgIpc) is 2.71. The molecule has 164 valence electrons. The number of Topliss-reactive ketones (excluding diaryl/α,β-unsaturated/α-hetero) is 1. The van der Waals surface area contributed by atoms with Crippen molar-refractivity contribution in [1.29, 1.82) is 5.26 Å². The summed E-state index contributed by atoms with van der Waals surface area (Å²) in [5.41, 5.74) is 5.30. The number of aryl methyl sites for hydroxylation is 2. The molecular formula is C25H24ClN3O2S. The summed E-state index contributed by atoms with van der Waals surface area (Å²) in [5, 5.41) is 17.2. The van der Waals surface area contributed by atoms with Gasteiger partial charge in [0.2, 0.25) is 5.91 Å². The predicted octanol–water partition coefficient (Wildman–Crippen LogP) is 5.61. The number of carbonyl (C=O) groups excluding carboxylic acids is 2. The molecule has 1 heterocycles. The van der Waals surface area contributed by atoms with Crippen LogP contribution in [0.4, 0.5) is 5.69 Å². The van der Waals surface area contributed by atoms with Crippen molar-refractivity contribution in [2.75, 3.05) is 11.1 Å². The third-order valence-corrected chi connectivity index (χ3v) is 6.35. The smallest absolute Gasteiger partial charge is 0.234 e. The van der Waals surface area contributed by atoms with Gasteiger partial charge >= 0.3 is 0 Å². The van der Waals surface area contributed by atoms with E-state index in [1.54, 1.807) is 12.1 Å². The van der Waals surface area contributed by atoms with Crippen molar-refractivity contribution in [3.8, 4) is 6.07 Å². The van der Waals surface area contributed by atoms with Crippen molar-refractivity contribution < 1.29 is 9.59 Å². The summed E-state index contributed by atoms with van der Waals surface area (Å²) in [4.78, 5) is 25.0. The molecule has 7 heteroatoms. The second-order valence-electron chi connectivity index (χ2n) is 7.77. The topological polar surface area (TPSA) is 82.0 Å². The highest BCUT2D eigenvalue weighted by Gasteiger charge is 2.33. The Bertz CT molecular complexity index is 1160. The van der Waals surface area contributed by atoms with Gasteiger partial charge in [-0.2, -0.15) is 5.26 Å². The van der Waals surface area contributed by atoms with Crippen molar-refractivity contribution in [1.82, 2.24) is 5.32 Å². The lowest BCUT2D eigenvalue weighted by molar-refractivity contribution is -0.114. The molecule has 1 aliphatic heterocycles. The van der Waals surface area contributed by atoms with Crippen molar-refractivity contribution in [3.05, 3.63) is 86.0 Å². The number of nitrogens with one attached hydrogen (secondary N) is 2. The molecule has 5 nitrogen and oxygen atoms in total. The molecule has 32 heavy (non-hydrogen) atoms. The summed E-state index contributed by atoms with van der Waals surface area (Å²) in [6.45, 7) is 7.26. The number of anilines is 1. The van der Waals surface area contributed by atoms with E-state index in [2.05, 4.69) is 16.7 Å². The van der Waals surface area contributed by atoms with E-state index in [1.165, 1.54) is 18.7 Å². The minimum absolute atomic E-state index is 0.112. The molecule has 2 aromatic carbocycles. The SMILES string of the molecule is CC(=O)C1=C(C)NC(SCC(=O)Nc2cc(C)cc(C)c2)=C(C#N)[C@@H]1c1ccc(Cl)cc1. The summed E-state index contributed by atoms with van der Waals surface area (Å²) in [7, 11) is 0. The van der Waals surface area contributed by atoms with Gasteiger partial charge in [-0.25, -0.2) is 0 Å². The lowest BCUT2D eigenvalue weighted by atomic mass is 9.81. The minimum Gasteiger partial charge on any atom is -0.353 e. The standard InChI is InChI=1S/C25H24ClN3O2S/c1-14-9-15(2)11-20(10-14)29-22(31)13-32-25-21(12-27)24(18-5-7-19(26)8-6-18)23(17(4)30)16(3)28-25/h5-11,24,28H,13H2,1-4H3,(H,29,31)/t24-/m0/s1. The minimum atomic E-state index is -0.513. The Kier molecular flexibility index (Phi) is 7.44. The lowest BCUT2D eigenvalue weighted by Gasteiger charge is -2.29. The lowest BCUT2D eigenvalue weighted by Crippen LogP contribution is -2.27. The number of halogens is 1. The number of dihydropyridines is 1. The summed E-state index contributed by atoms with van der Waals surface area (Å²) in [6, 6.07) is 15.2. The van der Waals surface area contributed by atoms with Crippen LogP contribution in [0, 0.1) is 25.2 Å². The molecule has 0 unspecified atom stereocenters. The number of nitriles is 1. The number of ketones is 1. The first kappa shape index (κ1) is 23.6. The maximum Gasteiger partial charge on any atom is 0.234 e. The molecule has 0 saturated carbocycles. The van der Waals surface area contributed by atoms with E-state index in [-0.39, 0.29) is 17.4 Å². The molecule has 0 radical (unpaired) electrons. The first-order valence-electron chi connectivity index (χ1n) is 10.1. The summed E-state index contributed by atoms with van der Waals surface area (Å²) in [5.74, 6) is -0.676. The first-order chi connectivity index (χ1) is 15.2. The molecule has 0 saturated heterocycles. The Balaban J connectivity index is 1.86. The van der Waals surface area contributed by atoms with Gasteiger partial charge in [-0.05, 0) is 68.7 Å². The van der Waals surface area contributed by atoms with Gasteiger partial charge in [-0.1, -0.05) is 41.6 Å². The normalized spacial score (nSPS) is 15.8. The van der Waals surface area contributed by atoms with Crippen molar-refractivity contribution in [3.63, 3.8) is 0 Å². The number of nitrogens with zero attached hydrogens (tertiary/aromatic N) is 1. The molecule has 0 aliphatic carbocycles. The third-order valence-electron chi connectivity index (χ3n) is 5.08. The van der Waals surface area contributed by atoms with Crippen LogP contribution in [0.25, 0.3) is 0 Å². The van der Waals surface area contributed by atoms with Crippen LogP contribution in [0.3, 0.4) is 0 Å². The van der Waals surface area contributed by atoms with Gasteiger partial charge in [0.15, 0.2) is 5.78 Å². The van der Waals surface area contributed by atoms with E-state index in [1.807, 2.05) is 51.1 Å². The molecule has 1 aliphatic rings. The average molecular weight is 466 g/mol. The van der Waals surface area contributed by atoms with Gasteiger partial charge in [-0.15, -0.1) is 0 Å². The van der Waals surface area contributed by atoms with E-state index in [9.17, 15) is 14.9 Å². The maximum absolute atomic E-state index is 12.6. The molecular weight excluding hydrogens is 442 g/mol. The summed E-state index contributed by atoms with van der Waals surface area (Å²) in [6.07, 6.45) is 0. The van der Waals surface area contributed by atoms with E-state index in [0.717, 1.165) is 22.4 Å².